The molecule has 0 radical (unpaired) electrons. The summed E-state index contributed by atoms with van der Waals surface area (Å²) < 4.78 is 5.59. The van der Waals surface area contributed by atoms with Crippen LogP contribution in [0.15, 0.2) is 18.2 Å². The normalized spacial score (nSPS) is 15.4. The Morgan fingerprint density at radius 3 is 2.85 bits per heavy atom. The van der Waals surface area contributed by atoms with E-state index < -0.39 is 0 Å². The zero-order valence-corrected chi connectivity index (χ0v) is 12.2. The quantitative estimate of drug-likeness (QED) is 0.620. The highest BCUT2D eigenvalue weighted by atomic mass is 16.5. The van der Waals surface area contributed by atoms with Gasteiger partial charge in [-0.05, 0) is 49.4 Å². The minimum Gasteiger partial charge on any atom is -0.399 e. The van der Waals surface area contributed by atoms with E-state index in [1.807, 2.05) is 19.1 Å². The van der Waals surface area contributed by atoms with Crippen LogP contribution in [0.5, 0.6) is 0 Å². The Bertz CT molecular complexity index is 454. The Kier molecular flexibility index (Phi) is 5.41. The number of anilines is 2. The number of hydrogen-bond acceptors (Lipinski definition) is 3. The van der Waals surface area contributed by atoms with E-state index in [-0.39, 0.29) is 5.91 Å². The van der Waals surface area contributed by atoms with Gasteiger partial charge in [0.2, 0.25) is 5.91 Å². The van der Waals surface area contributed by atoms with E-state index in [1.54, 1.807) is 6.07 Å². The van der Waals surface area contributed by atoms with Gasteiger partial charge in [0.25, 0.3) is 0 Å². The lowest BCUT2D eigenvalue weighted by atomic mass is 10.1. The molecule has 1 aliphatic carbocycles. The third-order valence-electron chi connectivity index (χ3n) is 3.83. The van der Waals surface area contributed by atoms with Crippen molar-refractivity contribution in [2.45, 2.75) is 39.0 Å². The molecule has 4 heteroatoms. The van der Waals surface area contributed by atoms with Crippen LogP contribution in [0.4, 0.5) is 11.4 Å². The van der Waals surface area contributed by atoms with Crippen molar-refractivity contribution in [1.29, 1.82) is 0 Å². The van der Waals surface area contributed by atoms with E-state index in [1.165, 1.54) is 25.7 Å². The first-order valence-corrected chi connectivity index (χ1v) is 7.39. The number of nitrogens with two attached hydrogens (primary N) is 1. The fraction of sp³-hybridized carbons (Fsp3) is 0.562. The van der Waals surface area contributed by atoms with Crippen molar-refractivity contribution in [3.63, 3.8) is 0 Å². The van der Waals surface area contributed by atoms with Crippen LogP contribution in [0.2, 0.25) is 0 Å². The maximum atomic E-state index is 11.8. The molecule has 4 nitrogen and oxygen atoms in total. The lowest BCUT2D eigenvalue weighted by Crippen LogP contribution is -2.16. The number of benzene rings is 1. The van der Waals surface area contributed by atoms with E-state index in [4.69, 9.17) is 10.5 Å². The summed E-state index contributed by atoms with van der Waals surface area (Å²) in [6, 6.07) is 5.48. The first kappa shape index (κ1) is 14.9. The third-order valence-corrected chi connectivity index (χ3v) is 3.83. The van der Waals surface area contributed by atoms with Gasteiger partial charge in [0.15, 0.2) is 0 Å². The van der Waals surface area contributed by atoms with Crippen LogP contribution < -0.4 is 11.1 Å². The number of carbonyl (C=O) groups excluding carboxylic acids is 1. The van der Waals surface area contributed by atoms with Crippen LogP contribution in [0.3, 0.4) is 0 Å². The number of nitrogens with one attached hydrogen (secondary N) is 1. The highest BCUT2D eigenvalue weighted by molar-refractivity contribution is 5.91. The molecule has 1 saturated carbocycles. The van der Waals surface area contributed by atoms with Crippen molar-refractivity contribution in [2.24, 2.45) is 5.92 Å². The fourth-order valence-corrected chi connectivity index (χ4v) is 2.63. The van der Waals surface area contributed by atoms with Gasteiger partial charge < -0.3 is 15.8 Å². The highest BCUT2D eigenvalue weighted by Crippen LogP contribution is 2.24. The highest BCUT2D eigenvalue weighted by Gasteiger charge is 2.15. The molecule has 0 aromatic heterocycles. The second-order valence-electron chi connectivity index (χ2n) is 5.60. The number of rotatable bonds is 6. The average molecular weight is 276 g/mol. The predicted octanol–water partition coefficient (Wildman–Crippen LogP) is 3.11. The van der Waals surface area contributed by atoms with Crippen molar-refractivity contribution in [1.82, 2.24) is 0 Å². The molecule has 1 aliphatic rings. The van der Waals surface area contributed by atoms with Crippen molar-refractivity contribution in [2.75, 3.05) is 24.3 Å². The second-order valence-corrected chi connectivity index (χ2v) is 5.60. The molecule has 20 heavy (non-hydrogen) atoms. The monoisotopic (exact) mass is 276 g/mol. The largest absolute Gasteiger partial charge is 0.399 e. The van der Waals surface area contributed by atoms with Crippen molar-refractivity contribution >= 4 is 17.3 Å². The molecule has 1 aromatic carbocycles. The summed E-state index contributed by atoms with van der Waals surface area (Å²) in [5.74, 6) is 0.696. The first-order valence-electron chi connectivity index (χ1n) is 7.39. The molecule has 0 spiro atoms. The van der Waals surface area contributed by atoms with E-state index in [2.05, 4.69) is 5.32 Å². The molecule has 110 valence electrons. The molecule has 0 aliphatic heterocycles. The topological polar surface area (TPSA) is 64.3 Å². The second kappa shape index (κ2) is 7.29. The van der Waals surface area contributed by atoms with Gasteiger partial charge in [0.05, 0.1) is 13.0 Å². The Hall–Kier alpha value is -1.55. The van der Waals surface area contributed by atoms with Gasteiger partial charge in [0, 0.05) is 18.0 Å². The van der Waals surface area contributed by atoms with Crippen LogP contribution in [-0.2, 0) is 9.53 Å². The van der Waals surface area contributed by atoms with Crippen LogP contribution in [0.1, 0.15) is 37.7 Å². The number of carbonyl (C=O) groups is 1. The molecule has 1 aromatic rings. The summed E-state index contributed by atoms with van der Waals surface area (Å²) >= 11 is 0. The number of aryl methyl sites for hydroxylation is 1. The summed E-state index contributed by atoms with van der Waals surface area (Å²) in [7, 11) is 0. The molecule has 0 heterocycles. The average Bonchev–Trinajstić information content (AvgIpc) is 2.91. The zero-order valence-electron chi connectivity index (χ0n) is 12.2. The Morgan fingerprint density at radius 1 is 1.40 bits per heavy atom. The standard InChI is InChI=1S/C16H24N2O2/c1-12-10-14(17)6-7-15(12)18-16(19)8-9-20-11-13-4-2-3-5-13/h6-7,10,13H,2-5,8-9,11,17H2,1H3,(H,18,19). The van der Waals surface area contributed by atoms with E-state index in [9.17, 15) is 4.79 Å². The molecule has 3 N–H and O–H groups in total. The minimum atomic E-state index is -0.00991. The third kappa shape index (κ3) is 4.53. The summed E-state index contributed by atoms with van der Waals surface area (Å²) in [5.41, 5.74) is 8.19. The van der Waals surface area contributed by atoms with E-state index in [0.29, 0.717) is 24.6 Å². The molecule has 0 atom stereocenters. The maximum Gasteiger partial charge on any atom is 0.226 e. The number of ether oxygens (including phenoxy) is 1. The van der Waals surface area contributed by atoms with Crippen LogP contribution in [-0.4, -0.2) is 19.1 Å². The van der Waals surface area contributed by atoms with Gasteiger partial charge in [-0.15, -0.1) is 0 Å². The van der Waals surface area contributed by atoms with Crippen molar-refractivity contribution < 1.29 is 9.53 Å². The zero-order chi connectivity index (χ0) is 14.4. The molecule has 1 amide bonds. The van der Waals surface area contributed by atoms with Crippen LogP contribution in [0, 0.1) is 12.8 Å². The van der Waals surface area contributed by atoms with Gasteiger partial charge in [-0.3, -0.25) is 4.79 Å². The van der Waals surface area contributed by atoms with E-state index in [0.717, 1.165) is 17.9 Å². The van der Waals surface area contributed by atoms with Gasteiger partial charge in [0.1, 0.15) is 0 Å². The Morgan fingerprint density at radius 2 is 2.15 bits per heavy atom. The summed E-state index contributed by atoms with van der Waals surface area (Å²) in [6.07, 6.45) is 5.60. The molecule has 0 bridgehead atoms. The summed E-state index contributed by atoms with van der Waals surface area (Å²) in [4.78, 5) is 11.8. The molecule has 0 unspecified atom stereocenters. The smallest absolute Gasteiger partial charge is 0.226 e. The summed E-state index contributed by atoms with van der Waals surface area (Å²) in [5, 5.41) is 2.89. The minimum absolute atomic E-state index is 0.00991. The lowest BCUT2D eigenvalue weighted by molar-refractivity contribution is -0.117. The van der Waals surface area contributed by atoms with Crippen LogP contribution >= 0.6 is 0 Å². The lowest BCUT2D eigenvalue weighted by Gasteiger charge is -2.11. The molecular formula is C16H24N2O2. The van der Waals surface area contributed by atoms with Crippen molar-refractivity contribution in [3.8, 4) is 0 Å². The van der Waals surface area contributed by atoms with Gasteiger partial charge in [-0.2, -0.15) is 0 Å². The van der Waals surface area contributed by atoms with E-state index >= 15 is 0 Å². The molecular weight excluding hydrogens is 252 g/mol. The Balaban J connectivity index is 1.67. The van der Waals surface area contributed by atoms with Gasteiger partial charge >= 0.3 is 0 Å². The molecule has 2 rings (SSSR count). The fourth-order valence-electron chi connectivity index (χ4n) is 2.63. The Labute approximate surface area is 120 Å². The van der Waals surface area contributed by atoms with Gasteiger partial charge in [-0.1, -0.05) is 12.8 Å². The van der Waals surface area contributed by atoms with Crippen LogP contribution in [0.25, 0.3) is 0 Å². The van der Waals surface area contributed by atoms with Gasteiger partial charge in [-0.25, -0.2) is 0 Å². The summed E-state index contributed by atoms with van der Waals surface area (Å²) in [6.45, 7) is 3.23. The van der Waals surface area contributed by atoms with Crippen molar-refractivity contribution in [3.05, 3.63) is 23.8 Å². The number of amides is 1. The number of nitrogen functional groups attached to an aromatic ring is 1. The molecule has 1 fully saturated rings. The molecule has 0 saturated heterocycles. The SMILES string of the molecule is Cc1cc(N)ccc1NC(=O)CCOCC1CCCC1. The predicted molar refractivity (Wildman–Crippen MR) is 81.6 cm³/mol. The maximum absolute atomic E-state index is 11.8. The number of hydrogen-bond donors (Lipinski definition) is 2. The first-order chi connectivity index (χ1) is 9.65.